The van der Waals surface area contributed by atoms with Crippen LogP contribution < -0.4 is 11.1 Å². The number of amides is 1. The predicted octanol–water partition coefficient (Wildman–Crippen LogP) is 0.818. The minimum Gasteiger partial charge on any atom is -0.353 e. The van der Waals surface area contributed by atoms with Crippen molar-refractivity contribution in [1.29, 1.82) is 0 Å². The first-order valence-corrected chi connectivity index (χ1v) is 7.30. The second-order valence-electron chi connectivity index (χ2n) is 6.18. The van der Waals surface area contributed by atoms with Crippen molar-refractivity contribution in [3.63, 3.8) is 0 Å². The van der Waals surface area contributed by atoms with Crippen LogP contribution >= 0.6 is 0 Å². The number of carbonyl (C=O) groups is 1. The number of hydrogen-bond donors (Lipinski definition) is 2. The molecule has 0 aromatic carbocycles. The number of likely N-dealkylation sites (tertiary alicyclic amines) is 1. The first kappa shape index (κ1) is 13.8. The molecule has 2 rings (SSSR count). The van der Waals surface area contributed by atoms with E-state index in [1.54, 1.807) is 0 Å². The third-order valence-electron chi connectivity index (χ3n) is 4.73. The van der Waals surface area contributed by atoms with Crippen molar-refractivity contribution in [2.45, 2.75) is 38.6 Å². The zero-order valence-corrected chi connectivity index (χ0v) is 11.7. The van der Waals surface area contributed by atoms with Gasteiger partial charge in [-0.15, -0.1) is 0 Å². The van der Waals surface area contributed by atoms with Crippen molar-refractivity contribution in [2.75, 3.05) is 26.7 Å². The number of rotatable bonds is 3. The molecule has 4 unspecified atom stereocenters. The van der Waals surface area contributed by atoms with Crippen LogP contribution in [0.15, 0.2) is 0 Å². The quantitative estimate of drug-likeness (QED) is 0.783. The Morgan fingerprint density at radius 2 is 2.17 bits per heavy atom. The van der Waals surface area contributed by atoms with E-state index in [0.717, 1.165) is 38.8 Å². The van der Waals surface area contributed by atoms with Crippen molar-refractivity contribution >= 4 is 5.91 Å². The van der Waals surface area contributed by atoms with Gasteiger partial charge in [-0.2, -0.15) is 0 Å². The summed E-state index contributed by atoms with van der Waals surface area (Å²) in [4.78, 5) is 14.7. The molecule has 1 amide bonds. The fraction of sp³-hybridized carbons (Fsp3) is 0.929. The van der Waals surface area contributed by atoms with E-state index in [1.807, 2.05) is 0 Å². The number of piperidine rings is 1. The molecular weight excluding hydrogens is 226 g/mol. The first-order valence-electron chi connectivity index (χ1n) is 7.30. The lowest BCUT2D eigenvalue weighted by atomic mass is 9.91. The van der Waals surface area contributed by atoms with Gasteiger partial charge in [0.25, 0.3) is 0 Å². The Morgan fingerprint density at radius 3 is 2.83 bits per heavy atom. The molecule has 18 heavy (non-hydrogen) atoms. The smallest absolute Gasteiger partial charge is 0.223 e. The molecule has 2 fully saturated rings. The molecule has 1 heterocycles. The van der Waals surface area contributed by atoms with Crippen molar-refractivity contribution in [1.82, 2.24) is 10.2 Å². The standard InChI is InChI=1S/C14H27N3O/c1-10-9-17(2)7-6-13(10)16-14(18)12-5-3-4-11(12)8-15/h10-13H,3-9,15H2,1-2H3,(H,16,18). The molecule has 0 radical (unpaired) electrons. The topological polar surface area (TPSA) is 58.4 Å². The molecular formula is C14H27N3O. The highest BCUT2D eigenvalue weighted by Gasteiger charge is 2.34. The summed E-state index contributed by atoms with van der Waals surface area (Å²) < 4.78 is 0. The van der Waals surface area contributed by atoms with Gasteiger partial charge in [-0.05, 0) is 51.2 Å². The monoisotopic (exact) mass is 253 g/mol. The Kier molecular flexibility index (Phi) is 4.62. The molecule has 3 N–H and O–H groups in total. The van der Waals surface area contributed by atoms with Crippen LogP contribution in [0, 0.1) is 17.8 Å². The average molecular weight is 253 g/mol. The van der Waals surface area contributed by atoms with Crippen molar-refractivity contribution in [2.24, 2.45) is 23.5 Å². The van der Waals surface area contributed by atoms with Crippen LogP contribution in [0.2, 0.25) is 0 Å². The molecule has 4 atom stereocenters. The molecule has 1 saturated heterocycles. The van der Waals surface area contributed by atoms with Gasteiger partial charge in [0.2, 0.25) is 5.91 Å². The Balaban J connectivity index is 1.87. The molecule has 0 bridgehead atoms. The normalized spacial score (nSPS) is 37.7. The van der Waals surface area contributed by atoms with Crippen LogP contribution in [0.4, 0.5) is 0 Å². The maximum atomic E-state index is 12.3. The molecule has 2 aliphatic rings. The van der Waals surface area contributed by atoms with Crippen LogP contribution in [0.25, 0.3) is 0 Å². The van der Waals surface area contributed by atoms with E-state index in [9.17, 15) is 4.79 Å². The molecule has 4 heteroatoms. The summed E-state index contributed by atoms with van der Waals surface area (Å²) in [5, 5.41) is 3.27. The Labute approximate surface area is 110 Å². The van der Waals surface area contributed by atoms with Crippen LogP contribution in [0.5, 0.6) is 0 Å². The maximum Gasteiger partial charge on any atom is 0.223 e. The molecule has 1 aliphatic carbocycles. The summed E-state index contributed by atoms with van der Waals surface area (Å²) in [5.41, 5.74) is 5.75. The van der Waals surface area contributed by atoms with E-state index in [-0.39, 0.29) is 11.8 Å². The molecule has 0 spiro atoms. The Bertz CT molecular complexity index is 295. The number of carbonyl (C=O) groups excluding carboxylic acids is 1. The van der Waals surface area contributed by atoms with Gasteiger partial charge in [0.1, 0.15) is 0 Å². The molecule has 4 nitrogen and oxygen atoms in total. The van der Waals surface area contributed by atoms with Gasteiger partial charge in [0.15, 0.2) is 0 Å². The molecule has 0 aromatic heterocycles. The third-order valence-corrected chi connectivity index (χ3v) is 4.73. The minimum absolute atomic E-state index is 0.168. The SMILES string of the molecule is CC1CN(C)CCC1NC(=O)C1CCCC1CN. The highest BCUT2D eigenvalue weighted by atomic mass is 16.2. The van der Waals surface area contributed by atoms with Gasteiger partial charge in [-0.3, -0.25) is 4.79 Å². The second kappa shape index (κ2) is 6.02. The van der Waals surface area contributed by atoms with E-state index in [0.29, 0.717) is 24.4 Å². The van der Waals surface area contributed by atoms with Gasteiger partial charge in [-0.1, -0.05) is 13.3 Å². The van der Waals surface area contributed by atoms with E-state index in [2.05, 4.69) is 24.2 Å². The van der Waals surface area contributed by atoms with Crippen molar-refractivity contribution in [3.8, 4) is 0 Å². The first-order chi connectivity index (χ1) is 8.61. The van der Waals surface area contributed by atoms with Gasteiger partial charge in [-0.25, -0.2) is 0 Å². The summed E-state index contributed by atoms with van der Waals surface area (Å²) in [7, 11) is 2.15. The third kappa shape index (κ3) is 3.04. The number of hydrogen-bond acceptors (Lipinski definition) is 3. The van der Waals surface area contributed by atoms with Gasteiger partial charge >= 0.3 is 0 Å². The zero-order valence-electron chi connectivity index (χ0n) is 11.7. The fourth-order valence-electron chi connectivity index (χ4n) is 3.52. The van der Waals surface area contributed by atoms with Crippen LogP contribution in [-0.4, -0.2) is 43.5 Å². The summed E-state index contributed by atoms with van der Waals surface area (Å²) >= 11 is 0. The lowest BCUT2D eigenvalue weighted by Crippen LogP contribution is -2.50. The highest BCUT2D eigenvalue weighted by molar-refractivity contribution is 5.79. The predicted molar refractivity (Wildman–Crippen MR) is 73.1 cm³/mol. The van der Waals surface area contributed by atoms with Gasteiger partial charge in [0.05, 0.1) is 0 Å². The maximum absolute atomic E-state index is 12.3. The second-order valence-corrected chi connectivity index (χ2v) is 6.18. The van der Waals surface area contributed by atoms with E-state index >= 15 is 0 Å². The van der Waals surface area contributed by atoms with Crippen molar-refractivity contribution < 1.29 is 4.79 Å². The molecule has 104 valence electrons. The summed E-state index contributed by atoms with van der Waals surface area (Å²) in [6.45, 7) is 5.05. The number of nitrogens with zero attached hydrogens (tertiary/aromatic N) is 1. The lowest BCUT2D eigenvalue weighted by Gasteiger charge is -2.36. The molecule has 1 saturated carbocycles. The van der Waals surface area contributed by atoms with Gasteiger partial charge < -0.3 is 16.0 Å². The Morgan fingerprint density at radius 1 is 1.39 bits per heavy atom. The Hall–Kier alpha value is -0.610. The summed E-state index contributed by atoms with van der Waals surface area (Å²) in [5.74, 6) is 1.38. The fourth-order valence-corrected chi connectivity index (χ4v) is 3.52. The molecule has 1 aliphatic heterocycles. The van der Waals surface area contributed by atoms with Crippen LogP contribution in [-0.2, 0) is 4.79 Å². The van der Waals surface area contributed by atoms with Crippen LogP contribution in [0.3, 0.4) is 0 Å². The minimum atomic E-state index is 0.168. The summed E-state index contributed by atoms with van der Waals surface area (Å²) in [6.07, 6.45) is 4.37. The summed E-state index contributed by atoms with van der Waals surface area (Å²) in [6, 6.07) is 0.354. The van der Waals surface area contributed by atoms with Crippen molar-refractivity contribution in [3.05, 3.63) is 0 Å². The largest absolute Gasteiger partial charge is 0.353 e. The van der Waals surface area contributed by atoms with E-state index < -0.39 is 0 Å². The number of nitrogens with one attached hydrogen (secondary N) is 1. The van der Waals surface area contributed by atoms with Crippen LogP contribution in [0.1, 0.15) is 32.6 Å². The zero-order chi connectivity index (χ0) is 13.1. The van der Waals surface area contributed by atoms with E-state index in [4.69, 9.17) is 5.73 Å². The average Bonchev–Trinajstić information content (AvgIpc) is 2.81. The lowest BCUT2D eigenvalue weighted by molar-refractivity contribution is -0.127. The van der Waals surface area contributed by atoms with E-state index in [1.165, 1.54) is 0 Å². The number of nitrogens with two attached hydrogens (primary N) is 1. The molecule has 0 aromatic rings. The van der Waals surface area contributed by atoms with Gasteiger partial charge in [0, 0.05) is 18.5 Å². The highest BCUT2D eigenvalue weighted by Crippen LogP contribution is 2.31.